The Morgan fingerprint density at radius 2 is 2.00 bits per heavy atom. The van der Waals surface area contributed by atoms with Crippen LogP contribution in [-0.2, 0) is 6.54 Å². The lowest BCUT2D eigenvalue weighted by molar-refractivity contribution is -0.500. The molecule has 11 heavy (non-hydrogen) atoms. The molecule has 1 aromatic carbocycles. The summed E-state index contributed by atoms with van der Waals surface area (Å²) in [6, 6.07) is 9.66. The van der Waals surface area contributed by atoms with Gasteiger partial charge in [-0.1, -0.05) is 35.2 Å². The maximum absolute atomic E-state index is 10.4. The summed E-state index contributed by atoms with van der Waals surface area (Å²) in [7, 11) is 1.38. The van der Waals surface area contributed by atoms with Crippen molar-refractivity contribution >= 4 is 0 Å². The van der Waals surface area contributed by atoms with E-state index in [4.69, 9.17) is 0 Å². The van der Waals surface area contributed by atoms with Crippen LogP contribution in [0.15, 0.2) is 35.4 Å². The van der Waals surface area contributed by atoms with Crippen LogP contribution in [0.2, 0.25) is 0 Å². The number of hydroxylamine groups is 1. The zero-order valence-electron chi connectivity index (χ0n) is 6.40. The average molecular weight is 150 g/mol. The smallest absolute Gasteiger partial charge is 0.171 e. The van der Waals surface area contributed by atoms with E-state index in [2.05, 4.69) is 5.11 Å². The number of benzene rings is 1. The lowest BCUT2D eigenvalue weighted by Gasteiger charge is -1.93. The molecule has 0 atom stereocenters. The van der Waals surface area contributed by atoms with Gasteiger partial charge in [0.15, 0.2) is 7.05 Å². The van der Waals surface area contributed by atoms with Crippen LogP contribution in [0, 0.1) is 5.21 Å². The van der Waals surface area contributed by atoms with Crippen LogP contribution in [-0.4, -0.2) is 11.9 Å². The Morgan fingerprint density at radius 3 is 2.55 bits per heavy atom. The quantitative estimate of drug-likeness (QED) is 0.359. The van der Waals surface area contributed by atoms with Gasteiger partial charge in [-0.05, 0) is 10.7 Å². The molecule has 0 N–H and O–H groups in total. The second-order valence-corrected chi connectivity index (χ2v) is 2.25. The zero-order valence-corrected chi connectivity index (χ0v) is 6.40. The summed E-state index contributed by atoms with van der Waals surface area (Å²) in [5.41, 5.74) is 1.05. The van der Waals surface area contributed by atoms with Gasteiger partial charge in [0.1, 0.15) is 6.54 Å². The normalized spacial score (nSPS) is 11.5. The number of hydrogen-bond donors (Lipinski definition) is 0. The van der Waals surface area contributed by atoms with Crippen LogP contribution < -0.4 is 0 Å². The Hall–Kier alpha value is -1.38. The summed E-state index contributed by atoms with van der Waals surface area (Å²) in [6.07, 6.45) is 0. The highest BCUT2D eigenvalue weighted by Crippen LogP contribution is 1.99. The van der Waals surface area contributed by atoms with Crippen molar-refractivity contribution in [1.29, 1.82) is 0 Å². The molecule has 58 valence electrons. The molecule has 0 unspecified atom stereocenters. The minimum atomic E-state index is 0.459. The first kappa shape index (κ1) is 7.72. The maximum atomic E-state index is 10.4. The second-order valence-electron chi connectivity index (χ2n) is 2.25. The summed E-state index contributed by atoms with van der Waals surface area (Å²) in [5, 5.41) is 14.0. The van der Waals surface area contributed by atoms with Crippen LogP contribution in [0.25, 0.3) is 0 Å². The Kier molecular flexibility index (Phi) is 2.60. The lowest BCUT2D eigenvalue weighted by atomic mass is 10.2. The molecule has 1 rings (SSSR count). The summed E-state index contributed by atoms with van der Waals surface area (Å²) >= 11 is 0. The molecule has 0 fully saturated rings. The van der Waals surface area contributed by atoms with Crippen LogP contribution >= 0.6 is 0 Å². The van der Waals surface area contributed by atoms with Crippen LogP contribution in [0.3, 0.4) is 0 Å². The standard InChI is InChI=1S/C8H10N2O/c1-10(11)9-7-8-5-3-2-4-6-8/h2-6H,7H2,1H3. The second kappa shape index (κ2) is 3.71. The highest BCUT2D eigenvalue weighted by molar-refractivity contribution is 5.13. The minimum absolute atomic E-state index is 0.459. The fourth-order valence-corrected chi connectivity index (χ4v) is 0.765. The van der Waals surface area contributed by atoms with E-state index < -0.39 is 0 Å². The molecule has 0 aliphatic carbocycles. The molecule has 1 aromatic rings. The number of rotatable bonds is 2. The van der Waals surface area contributed by atoms with Crippen molar-refractivity contribution in [3.05, 3.63) is 41.1 Å². The van der Waals surface area contributed by atoms with Gasteiger partial charge in [-0.25, -0.2) is 0 Å². The Bertz CT molecular complexity index is 240. The predicted octanol–water partition coefficient (Wildman–Crippen LogP) is 1.78. The van der Waals surface area contributed by atoms with Crippen molar-refractivity contribution in [2.45, 2.75) is 6.54 Å². The van der Waals surface area contributed by atoms with E-state index >= 15 is 0 Å². The first-order chi connectivity index (χ1) is 5.29. The third-order valence-electron chi connectivity index (χ3n) is 1.30. The summed E-state index contributed by atoms with van der Waals surface area (Å²) < 4.78 is 0. The number of hydrogen-bond acceptors (Lipinski definition) is 2. The molecule has 0 amide bonds. The number of nitrogens with zero attached hydrogens (tertiary/aromatic N) is 2. The van der Waals surface area contributed by atoms with Gasteiger partial charge in [-0.2, -0.15) is 0 Å². The van der Waals surface area contributed by atoms with Gasteiger partial charge in [-0.3, -0.25) is 0 Å². The Balaban J connectivity index is 2.59. The summed E-state index contributed by atoms with van der Waals surface area (Å²) in [5.74, 6) is 0. The first-order valence-electron chi connectivity index (χ1n) is 3.41. The molecule has 3 nitrogen and oxygen atoms in total. The highest BCUT2D eigenvalue weighted by atomic mass is 16.5. The molecule has 0 saturated heterocycles. The highest BCUT2D eigenvalue weighted by Gasteiger charge is 1.89. The van der Waals surface area contributed by atoms with Crippen LogP contribution in [0.4, 0.5) is 0 Å². The van der Waals surface area contributed by atoms with Gasteiger partial charge in [0.25, 0.3) is 0 Å². The van der Waals surface area contributed by atoms with Crippen molar-refractivity contribution in [3.8, 4) is 0 Å². The Morgan fingerprint density at radius 1 is 1.36 bits per heavy atom. The molecule has 0 aliphatic heterocycles. The van der Waals surface area contributed by atoms with E-state index in [-0.39, 0.29) is 0 Å². The molecule has 0 spiro atoms. The predicted molar refractivity (Wildman–Crippen MR) is 42.1 cm³/mol. The van der Waals surface area contributed by atoms with Crippen molar-refractivity contribution in [2.24, 2.45) is 5.11 Å². The fourth-order valence-electron chi connectivity index (χ4n) is 0.765. The molecule has 0 radical (unpaired) electrons. The summed E-state index contributed by atoms with van der Waals surface area (Å²) in [4.78, 5) is 0.576. The van der Waals surface area contributed by atoms with Gasteiger partial charge >= 0.3 is 0 Å². The van der Waals surface area contributed by atoms with Gasteiger partial charge in [0.2, 0.25) is 0 Å². The van der Waals surface area contributed by atoms with E-state index in [1.165, 1.54) is 7.05 Å². The molecule has 0 saturated carbocycles. The van der Waals surface area contributed by atoms with Crippen LogP contribution in [0.1, 0.15) is 5.56 Å². The fraction of sp³-hybridized carbons (Fsp3) is 0.250. The minimum Gasteiger partial charge on any atom is -0.600 e. The third-order valence-corrected chi connectivity index (χ3v) is 1.30. The molecule has 0 heterocycles. The summed E-state index contributed by atoms with van der Waals surface area (Å²) in [6.45, 7) is 0.459. The van der Waals surface area contributed by atoms with Crippen LogP contribution in [0.5, 0.6) is 0 Å². The van der Waals surface area contributed by atoms with Gasteiger partial charge in [-0.15, -0.1) is 0 Å². The first-order valence-corrected chi connectivity index (χ1v) is 3.41. The zero-order chi connectivity index (χ0) is 8.10. The molecular formula is C8H10N2O. The molecule has 0 aliphatic rings. The van der Waals surface area contributed by atoms with E-state index in [0.29, 0.717) is 11.4 Å². The van der Waals surface area contributed by atoms with E-state index in [9.17, 15) is 5.21 Å². The molecular weight excluding hydrogens is 140 g/mol. The largest absolute Gasteiger partial charge is 0.600 e. The molecule has 0 aromatic heterocycles. The van der Waals surface area contributed by atoms with Gasteiger partial charge in [0, 0.05) is 0 Å². The Labute approximate surface area is 65.6 Å². The van der Waals surface area contributed by atoms with Crippen molar-refractivity contribution in [3.63, 3.8) is 0 Å². The average Bonchev–Trinajstić information content (AvgIpc) is 2.03. The van der Waals surface area contributed by atoms with E-state index in [0.717, 1.165) is 5.56 Å². The van der Waals surface area contributed by atoms with Crippen molar-refractivity contribution in [2.75, 3.05) is 7.05 Å². The van der Waals surface area contributed by atoms with Crippen molar-refractivity contribution < 1.29 is 4.86 Å². The van der Waals surface area contributed by atoms with E-state index in [1.54, 1.807) is 0 Å². The SMILES string of the molecule is C[N+]([O-])=NCc1ccccc1. The third kappa shape index (κ3) is 2.80. The van der Waals surface area contributed by atoms with E-state index in [1.807, 2.05) is 30.3 Å². The number of azo groups is 1. The maximum Gasteiger partial charge on any atom is 0.171 e. The van der Waals surface area contributed by atoms with Gasteiger partial charge < -0.3 is 5.21 Å². The monoisotopic (exact) mass is 150 g/mol. The molecule has 3 heteroatoms. The van der Waals surface area contributed by atoms with Crippen molar-refractivity contribution in [1.82, 2.24) is 0 Å². The van der Waals surface area contributed by atoms with Gasteiger partial charge in [0.05, 0.1) is 0 Å². The topological polar surface area (TPSA) is 38.4 Å². The lowest BCUT2D eigenvalue weighted by Crippen LogP contribution is -1.90. The molecule has 0 bridgehead atoms.